The molecule has 3 nitrogen and oxygen atoms in total. The van der Waals surface area contributed by atoms with Crippen LogP contribution in [-0.4, -0.2) is 10.9 Å². The Morgan fingerprint density at radius 3 is 2.45 bits per heavy atom. The maximum atomic E-state index is 12.2. The molecule has 1 amide bonds. The van der Waals surface area contributed by atoms with E-state index in [1.807, 2.05) is 45.0 Å². The summed E-state index contributed by atoms with van der Waals surface area (Å²) in [7, 11) is 0. The minimum absolute atomic E-state index is 0.0599. The van der Waals surface area contributed by atoms with Gasteiger partial charge in [0.15, 0.2) is 0 Å². The average Bonchev–Trinajstić information content (AvgIpc) is 2.38. The van der Waals surface area contributed by atoms with Gasteiger partial charge in [-0.25, -0.2) is 4.98 Å². The molecule has 0 saturated heterocycles. The van der Waals surface area contributed by atoms with Gasteiger partial charge < -0.3 is 5.32 Å². The van der Waals surface area contributed by atoms with Crippen molar-refractivity contribution in [3.63, 3.8) is 0 Å². The lowest BCUT2D eigenvalue weighted by Gasteiger charge is -2.15. The number of nitrogens with one attached hydrogen (secondary N) is 1. The number of halogens is 1. The third-order valence-corrected chi connectivity index (χ3v) is 3.30. The second-order valence-electron chi connectivity index (χ2n) is 4.93. The highest BCUT2D eigenvalue weighted by Crippen LogP contribution is 2.15. The smallest absolute Gasteiger partial charge is 0.251 e. The average molecular weight is 289 g/mol. The lowest BCUT2D eigenvalue weighted by molar-refractivity contribution is 0.0939. The molecule has 2 rings (SSSR count). The van der Waals surface area contributed by atoms with Crippen LogP contribution in [0.2, 0.25) is 5.15 Å². The van der Waals surface area contributed by atoms with E-state index in [0.29, 0.717) is 10.7 Å². The molecule has 1 N–H and O–H groups in total. The Balaban J connectivity index is 2.12. The van der Waals surface area contributed by atoms with Crippen molar-refractivity contribution >= 4 is 17.5 Å². The van der Waals surface area contributed by atoms with E-state index in [4.69, 9.17) is 11.6 Å². The molecule has 0 aliphatic heterocycles. The zero-order chi connectivity index (χ0) is 14.7. The molecule has 0 saturated carbocycles. The quantitative estimate of drug-likeness (QED) is 0.872. The summed E-state index contributed by atoms with van der Waals surface area (Å²) < 4.78 is 0. The molecular weight excluding hydrogens is 272 g/mol. The number of benzene rings is 1. The van der Waals surface area contributed by atoms with Gasteiger partial charge in [-0.3, -0.25) is 4.79 Å². The molecule has 20 heavy (non-hydrogen) atoms. The second-order valence-corrected chi connectivity index (χ2v) is 5.31. The van der Waals surface area contributed by atoms with E-state index < -0.39 is 0 Å². The van der Waals surface area contributed by atoms with Gasteiger partial charge in [-0.05, 0) is 38.5 Å². The number of carbonyl (C=O) groups excluding carboxylic acids is 1. The SMILES string of the molecule is Cc1ccc(C(C)NC(=O)c2cc(C)nc(Cl)c2)cc1. The van der Waals surface area contributed by atoms with Crippen LogP contribution in [0.3, 0.4) is 0 Å². The Kier molecular flexibility index (Phi) is 4.40. The van der Waals surface area contributed by atoms with Gasteiger partial charge in [0.1, 0.15) is 5.15 Å². The van der Waals surface area contributed by atoms with Crippen LogP contribution in [0.1, 0.15) is 40.1 Å². The van der Waals surface area contributed by atoms with Gasteiger partial charge in [0.25, 0.3) is 5.91 Å². The van der Waals surface area contributed by atoms with Crippen LogP contribution in [0, 0.1) is 13.8 Å². The molecule has 104 valence electrons. The van der Waals surface area contributed by atoms with Gasteiger partial charge in [-0.2, -0.15) is 0 Å². The largest absolute Gasteiger partial charge is 0.346 e. The predicted octanol–water partition coefficient (Wildman–Crippen LogP) is 3.84. The molecule has 0 spiro atoms. The van der Waals surface area contributed by atoms with Crippen molar-refractivity contribution < 1.29 is 4.79 Å². The number of aromatic nitrogens is 1. The highest BCUT2D eigenvalue weighted by atomic mass is 35.5. The number of nitrogens with zero attached hydrogens (tertiary/aromatic N) is 1. The zero-order valence-corrected chi connectivity index (χ0v) is 12.5. The monoisotopic (exact) mass is 288 g/mol. The standard InChI is InChI=1S/C16H17ClN2O/c1-10-4-6-13(7-5-10)12(3)19-16(20)14-8-11(2)18-15(17)9-14/h4-9,12H,1-3H3,(H,19,20). The van der Waals surface area contributed by atoms with Crippen LogP contribution in [0.25, 0.3) is 0 Å². The summed E-state index contributed by atoms with van der Waals surface area (Å²) in [4.78, 5) is 16.3. The highest BCUT2D eigenvalue weighted by molar-refractivity contribution is 6.29. The molecule has 1 heterocycles. The maximum Gasteiger partial charge on any atom is 0.251 e. The lowest BCUT2D eigenvalue weighted by atomic mass is 10.1. The van der Waals surface area contributed by atoms with Gasteiger partial charge >= 0.3 is 0 Å². The number of hydrogen-bond donors (Lipinski definition) is 1. The van der Waals surface area contributed by atoms with Crippen LogP contribution in [0.5, 0.6) is 0 Å². The molecule has 0 fully saturated rings. The number of carbonyl (C=O) groups is 1. The molecule has 1 aromatic heterocycles. The summed E-state index contributed by atoms with van der Waals surface area (Å²) >= 11 is 5.87. The number of amides is 1. The van der Waals surface area contributed by atoms with E-state index in [1.165, 1.54) is 5.56 Å². The Labute approximate surface area is 124 Å². The third kappa shape index (κ3) is 3.58. The van der Waals surface area contributed by atoms with Crippen molar-refractivity contribution in [2.75, 3.05) is 0 Å². The molecule has 2 aromatic rings. The summed E-state index contributed by atoms with van der Waals surface area (Å²) in [6.07, 6.45) is 0. The van der Waals surface area contributed by atoms with Crippen molar-refractivity contribution in [2.45, 2.75) is 26.8 Å². The van der Waals surface area contributed by atoms with Gasteiger partial charge in [-0.15, -0.1) is 0 Å². The Hall–Kier alpha value is -1.87. The molecule has 1 atom stereocenters. The number of aryl methyl sites for hydroxylation is 2. The summed E-state index contributed by atoms with van der Waals surface area (Å²) in [5.74, 6) is -0.148. The van der Waals surface area contributed by atoms with Gasteiger partial charge in [0.2, 0.25) is 0 Å². The first-order valence-corrected chi connectivity index (χ1v) is 6.85. The van der Waals surface area contributed by atoms with Crippen molar-refractivity contribution in [3.05, 3.63) is 63.9 Å². The van der Waals surface area contributed by atoms with E-state index in [2.05, 4.69) is 10.3 Å². The molecule has 1 aromatic carbocycles. The van der Waals surface area contributed by atoms with E-state index in [0.717, 1.165) is 11.3 Å². The van der Waals surface area contributed by atoms with E-state index >= 15 is 0 Å². The normalized spacial score (nSPS) is 12.0. The Morgan fingerprint density at radius 1 is 1.20 bits per heavy atom. The summed E-state index contributed by atoms with van der Waals surface area (Å²) in [6, 6.07) is 11.3. The summed E-state index contributed by atoms with van der Waals surface area (Å²) in [5, 5.41) is 3.29. The summed E-state index contributed by atoms with van der Waals surface area (Å²) in [6.45, 7) is 5.80. The molecule has 0 radical (unpaired) electrons. The van der Waals surface area contributed by atoms with Crippen LogP contribution >= 0.6 is 11.6 Å². The first-order valence-electron chi connectivity index (χ1n) is 6.47. The van der Waals surface area contributed by atoms with E-state index in [9.17, 15) is 4.79 Å². The van der Waals surface area contributed by atoms with Gasteiger partial charge in [0.05, 0.1) is 6.04 Å². The summed E-state index contributed by atoms with van der Waals surface area (Å²) in [5.41, 5.74) is 3.52. The molecule has 0 bridgehead atoms. The fourth-order valence-electron chi connectivity index (χ4n) is 1.98. The minimum Gasteiger partial charge on any atom is -0.346 e. The first-order chi connectivity index (χ1) is 9.45. The third-order valence-electron chi connectivity index (χ3n) is 3.11. The van der Waals surface area contributed by atoms with E-state index in [1.54, 1.807) is 12.1 Å². The van der Waals surface area contributed by atoms with Crippen molar-refractivity contribution in [1.82, 2.24) is 10.3 Å². The molecule has 4 heteroatoms. The highest BCUT2D eigenvalue weighted by Gasteiger charge is 2.12. The van der Waals surface area contributed by atoms with Crippen molar-refractivity contribution in [2.24, 2.45) is 0 Å². The minimum atomic E-state index is -0.148. The van der Waals surface area contributed by atoms with Crippen molar-refractivity contribution in [3.8, 4) is 0 Å². The first kappa shape index (κ1) is 14.5. The molecule has 0 aliphatic rings. The number of pyridine rings is 1. The number of hydrogen-bond acceptors (Lipinski definition) is 2. The fraction of sp³-hybridized carbons (Fsp3) is 0.250. The fourth-order valence-corrected chi connectivity index (χ4v) is 2.23. The maximum absolute atomic E-state index is 12.2. The van der Waals surface area contributed by atoms with Gasteiger partial charge in [-0.1, -0.05) is 41.4 Å². The molecule has 0 aliphatic carbocycles. The van der Waals surface area contributed by atoms with Crippen molar-refractivity contribution in [1.29, 1.82) is 0 Å². The van der Waals surface area contributed by atoms with Crippen LogP contribution < -0.4 is 5.32 Å². The lowest BCUT2D eigenvalue weighted by Crippen LogP contribution is -2.26. The molecule has 1 unspecified atom stereocenters. The predicted molar refractivity (Wildman–Crippen MR) is 81.0 cm³/mol. The second kappa shape index (κ2) is 6.06. The van der Waals surface area contributed by atoms with Crippen LogP contribution in [0.4, 0.5) is 0 Å². The Bertz CT molecular complexity index is 603. The Morgan fingerprint density at radius 2 is 1.85 bits per heavy atom. The topological polar surface area (TPSA) is 42.0 Å². The van der Waals surface area contributed by atoms with Gasteiger partial charge in [0, 0.05) is 11.3 Å². The number of rotatable bonds is 3. The van der Waals surface area contributed by atoms with E-state index in [-0.39, 0.29) is 11.9 Å². The molecular formula is C16H17ClN2O. The van der Waals surface area contributed by atoms with Crippen LogP contribution in [0.15, 0.2) is 36.4 Å². The zero-order valence-electron chi connectivity index (χ0n) is 11.8. The van der Waals surface area contributed by atoms with Crippen LogP contribution in [-0.2, 0) is 0 Å².